The van der Waals surface area contributed by atoms with Crippen LogP contribution in [0.5, 0.6) is 11.5 Å². The van der Waals surface area contributed by atoms with Gasteiger partial charge in [0, 0.05) is 22.7 Å². The zero-order valence-electron chi connectivity index (χ0n) is 19.2. The van der Waals surface area contributed by atoms with Crippen molar-refractivity contribution < 1.29 is 27.3 Å². The van der Waals surface area contributed by atoms with Gasteiger partial charge in [0.2, 0.25) is 11.7 Å². The van der Waals surface area contributed by atoms with Crippen LogP contribution >= 0.6 is 11.8 Å². The molecule has 1 N–H and O–H groups in total. The first-order chi connectivity index (χ1) is 16.7. The Labute approximate surface area is 206 Å². The highest BCUT2D eigenvalue weighted by Gasteiger charge is 2.31. The number of hydrogen-bond acceptors (Lipinski definition) is 3. The van der Waals surface area contributed by atoms with E-state index in [1.54, 1.807) is 30.0 Å². The van der Waals surface area contributed by atoms with Crippen molar-refractivity contribution in [3.05, 3.63) is 89.6 Å². The lowest BCUT2D eigenvalue weighted by atomic mass is 10.1. The molecule has 0 saturated heterocycles. The van der Waals surface area contributed by atoms with Crippen LogP contribution in [-0.2, 0) is 17.4 Å². The summed E-state index contributed by atoms with van der Waals surface area (Å²) < 4.78 is 47.1. The van der Waals surface area contributed by atoms with E-state index in [1.165, 1.54) is 12.1 Å². The number of benzene rings is 3. The highest BCUT2D eigenvalue weighted by Crippen LogP contribution is 2.38. The van der Waals surface area contributed by atoms with E-state index in [0.29, 0.717) is 17.1 Å². The van der Waals surface area contributed by atoms with Crippen LogP contribution in [0.4, 0.5) is 24.5 Å². The van der Waals surface area contributed by atoms with E-state index in [-0.39, 0.29) is 18.1 Å². The Morgan fingerprint density at radius 3 is 2.46 bits per heavy atom. The molecule has 0 bridgehead atoms. The van der Waals surface area contributed by atoms with Crippen molar-refractivity contribution in [2.45, 2.75) is 31.3 Å². The minimum Gasteiger partial charge on any atom is -0.450 e. The molecule has 0 atom stereocenters. The van der Waals surface area contributed by atoms with Gasteiger partial charge in [0.25, 0.3) is 5.69 Å². The average Bonchev–Trinajstić information content (AvgIpc) is 2.79. The summed E-state index contributed by atoms with van der Waals surface area (Å²) in [5, 5.41) is 2.85. The van der Waals surface area contributed by atoms with E-state index >= 15 is 0 Å². The summed E-state index contributed by atoms with van der Waals surface area (Å²) in [6, 6.07) is 17.7. The van der Waals surface area contributed by atoms with Crippen molar-refractivity contribution in [3.63, 3.8) is 0 Å². The number of allylic oxidation sites excluding steroid dienone is 1. The summed E-state index contributed by atoms with van der Waals surface area (Å²) >= 11 is 1.73. The third kappa shape index (κ3) is 6.33. The molecule has 4 rings (SSSR count). The van der Waals surface area contributed by atoms with E-state index in [0.717, 1.165) is 33.9 Å². The number of amides is 1. The molecule has 0 fully saturated rings. The lowest BCUT2D eigenvalue weighted by molar-refractivity contribution is -0.368. The largest absolute Gasteiger partial charge is 0.450 e. The van der Waals surface area contributed by atoms with E-state index in [4.69, 9.17) is 4.74 Å². The number of rotatable bonds is 8. The van der Waals surface area contributed by atoms with Gasteiger partial charge in [-0.05, 0) is 54.6 Å². The number of nitrogens with zero attached hydrogens (tertiary/aromatic N) is 1. The maximum absolute atomic E-state index is 13.1. The number of ether oxygens (including phenoxy) is 1. The second-order valence-corrected chi connectivity index (χ2v) is 9.36. The molecule has 0 unspecified atom stereocenters. The van der Waals surface area contributed by atoms with Crippen LogP contribution in [0.25, 0.3) is 0 Å². The maximum atomic E-state index is 13.1. The van der Waals surface area contributed by atoms with E-state index in [1.807, 2.05) is 48.2 Å². The van der Waals surface area contributed by atoms with Crippen LogP contribution in [0.1, 0.15) is 25.0 Å². The van der Waals surface area contributed by atoms with Crippen LogP contribution < -0.4 is 10.1 Å². The summed E-state index contributed by atoms with van der Waals surface area (Å²) in [5.74, 6) is 1.15. The van der Waals surface area contributed by atoms with Crippen LogP contribution in [-0.4, -0.2) is 22.5 Å². The molecule has 0 aromatic heterocycles. The summed E-state index contributed by atoms with van der Waals surface area (Å²) in [6.07, 6.45) is -0.513. The van der Waals surface area contributed by atoms with Gasteiger partial charge in [0.05, 0.1) is 17.6 Å². The van der Waals surface area contributed by atoms with Gasteiger partial charge in [-0.1, -0.05) is 25.1 Å². The van der Waals surface area contributed by atoms with Gasteiger partial charge in [0.1, 0.15) is 5.75 Å². The lowest BCUT2D eigenvalue weighted by Crippen LogP contribution is -2.15. The molecule has 8 heteroatoms. The second kappa shape index (κ2) is 10.4. The molecule has 35 heavy (non-hydrogen) atoms. The monoisotopic (exact) mass is 497 g/mol. The molecule has 0 saturated carbocycles. The van der Waals surface area contributed by atoms with Crippen LogP contribution in [0, 0.1) is 0 Å². The van der Waals surface area contributed by atoms with Crippen molar-refractivity contribution in [2.24, 2.45) is 0 Å². The SMILES string of the molecule is CCSc1ccc(CC(=O)Nc2ccc([N+]3=CC(C)=C3)c(Oc3cccc(C(F)(F)F)c3)c2)cc1. The maximum Gasteiger partial charge on any atom is 0.416 e. The van der Waals surface area contributed by atoms with Gasteiger partial charge in [-0.2, -0.15) is 17.7 Å². The van der Waals surface area contributed by atoms with Crippen molar-refractivity contribution in [2.75, 3.05) is 11.1 Å². The number of carbonyl (C=O) groups is 1. The Balaban J connectivity index is 1.54. The highest BCUT2D eigenvalue weighted by molar-refractivity contribution is 7.99. The number of thioether (sulfide) groups is 1. The number of halogens is 3. The van der Waals surface area contributed by atoms with E-state index < -0.39 is 11.7 Å². The summed E-state index contributed by atoms with van der Waals surface area (Å²) in [6.45, 7) is 4.02. The fourth-order valence-corrected chi connectivity index (χ4v) is 4.24. The molecule has 4 nitrogen and oxygen atoms in total. The highest BCUT2D eigenvalue weighted by atomic mass is 32.2. The molecule has 3 aromatic carbocycles. The van der Waals surface area contributed by atoms with Crippen molar-refractivity contribution >= 4 is 35.3 Å². The minimum absolute atomic E-state index is 0.0517. The zero-order chi connectivity index (χ0) is 25.0. The van der Waals surface area contributed by atoms with Gasteiger partial charge in [0.15, 0.2) is 12.4 Å². The van der Waals surface area contributed by atoms with Gasteiger partial charge in [-0.3, -0.25) is 4.79 Å². The normalized spacial score (nSPS) is 12.9. The zero-order valence-corrected chi connectivity index (χ0v) is 20.0. The predicted molar refractivity (Wildman–Crippen MR) is 133 cm³/mol. The lowest BCUT2D eigenvalue weighted by Gasteiger charge is -2.14. The van der Waals surface area contributed by atoms with Gasteiger partial charge in [-0.25, -0.2) is 0 Å². The number of anilines is 1. The van der Waals surface area contributed by atoms with E-state index in [2.05, 4.69) is 12.2 Å². The topological polar surface area (TPSA) is 41.3 Å². The number of alkyl halides is 3. The molecule has 0 aliphatic carbocycles. The summed E-state index contributed by atoms with van der Waals surface area (Å²) in [5.41, 5.74) is 2.28. The summed E-state index contributed by atoms with van der Waals surface area (Å²) in [4.78, 5) is 13.8. The molecule has 1 amide bonds. The molecule has 1 aliphatic rings. The fraction of sp³-hybridized carbons (Fsp3) is 0.185. The Morgan fingerprint density at radius 1 is 1.06 bits per heavy atom. The quantitative estimate of drug-likeness (QED) is 0.260. The standard InChI is InChI=1S/C27H23F3N2O2S/c1-3-35-23-10-7-19(8-11-23)13-26(33)31-21-9-12-24(32-16-18(2)17-32)25(15-21)34-22-6-4-5-20(14-22)27(28,29)30/h4-12,14-17H,3,13H2,1-2H3/p+1. The van der Waals surface area contributed by atoms with Crippen LogP contribution in [0.2, 0.25) is 0 Å². The number of carbonyl (C=O) groups excluding carboxylic acids is 1. The third-order valence-electron chi connectivity index (χ3n) is 5.20. The second-order valence-electron chi connectivity index (χ2n) is 8.02. The Kier molecular flexibility index (Phi) is 7.31. The Morgan fingerprint density at radius 2 is 1.80 bits per heavy atom. The molecule has 0 radical (unpaired) electrons. The number of nitrogens with one attached hydrogen (secondary N) is 1. The van der Waals surface area contributed by atoms with Crippen molar-refractivity contribution in [1.29, 1.82) is 0 Å². The first kappa shape index (κ1) is 24.6. The van der Waals surface area contributed by atoms with Crippen molar-refractivity contribution in [1.82, 2.24) is 0 Å². The molecule has 0 spiro atoms. The van der Waals surface area contributed by atoms with Gasteiger partial charge in [-0.15, -0.1) is 11.8 Å². The molecule has 180 valence electrons. The molecular weight excluding hydrogens is 473 g/mol. The van der Waals surface area contributed by atoms with Crippen LogP contribution in [0.3, 0.4) is 0 Å². The van der Waals surface area contributed by atoms with Gasteiger partial charge >= 0.3 is 6.18 Å². The Bertz CT molecular complexity index is 1300. The first-order valence-corrected chi connectivity index (χ1v) is 12.0. The first-order valence-electron chi connectivity index (χ1n) is 11.0. The Hall–Kier alpha value is -3.52. The predicted octanol–water partition coefficient (Wildman–Crippen LogP) is 7.42. The third-order valence-corrected chi connectivity index (χ3v) is 6.09. The smallest absolute Gasteiger partial charge is 0.416 e. The van der Waals surface area contributed by atoms with Crippen molar-refractivity contribution in [3.8, 4) is 11.5 Å². The molecular formula is C27H24F3N2O2S+. The fourth-order valence-electron chi connectivity index (χ4n) is 3.58. The van der Waals surface area contributed by atoms with Gasteiger partial charge < -0.3 is 10.1 Å². The molecule has 3 aromatic rings. The van der Waals surface area contributed by atoms with E-state index in [9.17, 15) is 18.0 Å². The minimum atomic E-state index is -4.48. The number of hydrogen-bond donors (Lipinski definition) is 1. The molecule has 1 heterocycles. The summed E-state index contributed by atoms with van der Waals surface area (Å²) in [7, 11) is 0. The average molecular weight is 498 g/mol. The van der Waals surface area contributed by atoms with Crippen LogP contribution in [0.15, 0.2) is 83.4 Å². The molecule has 1 aliphatic heterocycles.